The summed E-state index contributed by atoms with van der Waals surface area (Å²) in [6, 6.07) is 11.6. The summed E-state index contributed by atoms with van der Waals surface area (Å²) in [5.41, 5.74) is 5.92. The lowest BCUT2D eigenvalue weighted by Crippen LogP contribution is -2.40. The number of hydrogen-bond acceptors (Lipinski definition) is 8. The molecule has 38 heavy (non-hydrogen) atoms. The highest BCUT2D eigenvalue weighted by atomic mass is 79.9. The van der Waals surface area contributed by atoms with Crippen molar-refractivity contribution in [2.45, 2.75) is 51.2 Å². The SMILES string of the molecule is CC(=O)O.CC(C)(C)OC(=O)NC(N)=NCc1ccc(OCCCOS(=O)(=O)c2ccc(Br)cc2)c(Br)c1. The molecule has 0 aliphatic rings. The number of carbonyl (C=O) groups excluding carboxylic acids is 1. The molecule has 0 unspecified atom stereocenters. The molecule has 0 bridgehead atoms. The van der Waals surface area contributed by atoms with Gasteiger partial charge in [-0.15, -0.1) is 0 Å². The average Bonchev–Trinajstić information content (AvgIpc) is 2.77. The number of aliphatic imine (C=N–C) groups is 1. The molecule has 0 spiro atoms. The summed E-state index contributed by atoms with van der Waals surface area (Å²) in [7, 11) is -3.81. The minimum Gasteiger partial charge on any atom is -0.492 e. The second kappa shape index (κ2) is 15.7. The number of benzene rings is 2. The Morgan fingerprint density at radius 2 is 1.68 bits per heavy atom. The average molecular weight is 681 g/mol. The zero-order valence-corrected chi connectivity index (χ0v) is 25.4. The molecule has 0 fully saturated rings. The second-order valence-corrected chi connectivity index (χ2v) is 11.9. The van der Waals surface area contributed by atoms with E-state index in [9.17, 15) is 13.2 Å². The third kappa shape index (κ3) is 14.3. The number of carboxylic acids is 1. The van der Waals surface area contributed by atoms with Crippen LogP contribution in [0.4, 0.5) is 4.79 Å². The molecule has 0 heterocycles. The molecule has 0 saturated heterocycles. The highest BCUT2D eigenvalue weighted by Gasteiger charge is 2.17. The molecule has 0 saturated carbocycles. The Kier molecular flexibility index (Phi) is 13.7. The molecule has 11 nitrogen and oxygen atoms in total. The van der Waals surface area contributed by atoms with Gasteiger partial charge < -0.3 is 20.3 Å². The van der Waals surface area contributed by atoms with Gasteiger partial charge in [-0.25, -0.2) is 9.79 Å². The summed E-state index contributed by atoms with van der Waals surface area (Å²) >= 11 is 6.70. The second-order valence-electron chi connectivity index (χ2n) is 8.54. The number of nitrogens with two attached hydrogens (primary N) is 1. The van der Waals surface area contributed by atoms with Gasteiger partial charge in [-0.3, -0.25) is 14.3 Å². The highest BCUT2D eigenvalue weighted by molar-refractivity contribution is 9.10. The van der Waals surface area contributed by atoms with Crippen molar-refractivity contribution in [2.24, 2.45) is 10.7 Å². The maximum Gasteiger partial charge on any atom is 0.414 e. The smallest absolute Gasteiger partial charge is 0.414 e. The van der Waals surface area contributed by atoms with Gasteiger partial charge in [0, 0.05) is 17.8 Å². The van der Waals surface area contributed by atoms with E-state index in [1.807, 2.05) is 6.07 Å². The lowest BCUT2D eigenvalue weighted by Gasteiger charge is -2.19. The number of guanidine groups is 1. The van der Waals surface area contributed by atoms with E-state index in [4.69, 9.17) is 29.3 Å². The van der Waals surface area contributed by atoms with E-state index in [2.05, 4.69) is 42.2 Å². The van der Waals surface area contributed by atoms with Gasteiger partial charge in [0.1, 0.15) is 11.4 Å². The van der Waals surface area contributed by atoms with E-state index in [1.165, 1.54) is 12.1 Å². The van der Waals surface area contributed by atoms with Crippen molar-refractivity contribution < 1.29 is 36.8 Å². The first-order chi connectivity index (χ1) is 17.6. The normalized spacial score (nSPS) is 11.7. The first-order valence-electron chi connectivity index (χ1n) is 11.1. The van der Waals surface area contributed by atoms with Crippen LogP contribution < -0.4 is 15.8 Å². The molecule has 210 valence electrons. The number of amides is 1. The van der Waals surface area contributed by atoms with Crippen LogP contribution >= 0.6 is 31.9 Å². The highest BCUT2D eigenvalue weighted by Crippen LogP contribution is 2.26. The number of alkyl carbamates (subject to hydrolysis) is 1. The molecular weight excluding hydrogens is 650 g/mol. The minimum atomic E-state index is -3.81. The number of nitrogens with zero attached hydrogens (tertiary/aromatic N) is 1. The summed E-state index contributed by atoms with van der Waals surface area (Å²) in [4.78, 5) is 24.9. The maximum absolute atomic E-state index is 12.2. The number of rotatable bonds is 9. The van der Waals surface area contributed by atoms with Gasteiger partial charge in [0.05, 0.1) is 29.1 Å². The molecule has 2 aromatic carbocycles. The standard InChI is InChI=1S/C22H27Br2N3O6S.C2H4O2/c1-22(2,3)33-21(28)27-20(25)26-14-15-5-10-19(18(24)13-15)31-11-4-12-32-34(29,30)17-8-6-16(23)7-9-17;1-2(3)4/h5-10,13H,4,11-12,14H2,1-3H3,(H3,25,26,27,28);1H3,(H,3,4). The Morgan fingerprint density at radius 3 is 2.24 bits per heavy atom. The van der Waals surface area contributed by atoms with E-state index in [0.717, 1.165) is 17.0 Å². The fraction of sp³-hybridized carbons (Fsp3) is 0.375. The first kappa shape index (κ1) is 33.3. The quantitative estimate of drug-likeness (QED) is 0.146. The van der Waals surface area contributed by atoms with Crippen molar-refractivity contribution in [1.82, 2.24) is 5.32 Å². The van der Waals surface area contributed by atoms with Gasteiger partial charge in [-0.1, -0.05) is 22.0 Å². The minimum absolute atomic E-state index is 0.00720. The molecule has 14 heteroatoms. The van der Waals surface area contributed by atoms with Gasteiger partial charge in [-0.05, 0) is 78.7 Å². The number of hydrogen-bond donors (Lipinski definition) is 3. The van der Waals surface area contributed by atoms with Crippen LogP contribution in [0.2, 0.25) is 0 Å². The van der Waals surface area contributed by atoms with Crippen LogP contribution in [0.15, 0.2) is 61.3 Å². The van der Waals surface area contributed by atoms with E-state index in [1.54, 1.807) is 45.0 Å². The molecule has 0 aromatic heterocycles. The lowest BCUT2D eigenvalue weighted by atomic mass is 10.2. The van der Waals surface area contributed by atoms with Crippen molar-refractivity contribution in [3.8, 4) is 5.75 Å². The maximum atomic E-state index is 12.2. The molecule has 1 amide bonds. The largest absolute Gasteiger partial charge is 0.492 e. The molecule has 0 aliphatic carbocycles. The van der Waals surface area contributed by atoms with Crippen molar-refractivity contribution in [2.75, 3.05) is 13.2 Å². The fourth-order valence-electron chi connectivity index (χ4n) is 2.46. The lowest BCUT2D eigenvalue weighted by molar-refractivity contribution is -0.134. The van der Waals surface area contributed by atoms with Crippen LogP contribution in [0, 0.1) is 0 Å². The fourth-order valence-corrected chi connectivity index (χ4v) is 4.21. The summed E-state index contributed by atoms with van der Waals surface area (Å²) in [5.74, 6) is -0.299. The van der Waals surface area contributed by atoms with Crippen molar-refractivity contribution in [3.63, 3.8) is 0 Å². The van der Waals surface area contributed by atoms with Gasteiger partial charge >= 0.3 is 6.09 Å². The number of carbonyl (C=O) groups is 2. The van der Waals surface area contributed by atoms with Crippen LogP contribution in [-0.4, -0.2) is 50.4 Å². The van der Waals surface area contributed by atoms with E-state index >= 15 is 0 Å². The summed E-state index contributed by atoms with van der Waals surface area (Å²) < 4.78 is 41.7. The predicted molar refractivity (Wildman–Crippen MR) is 150 cm³/mol. The van der Waals surface area contributed by atoms with Crippen LogP contribution in [0.25, 0.3) is 0 Å². The molecule has 2 aromatic rings. The van der Waals surface area contributed by atoms with Crippen LogP contribution in [0.5, 0.6) is 5.75 Å². The third-order valence-corrected chi connectivity index (χ3v) is 6.42. The molecule has 0 radical (unpaired) electrons. The number of halogens is 2. The van der Waals surface area contributed by atoms with Crippen molar-refractivity contribution in [1.29, 1.82) is 0 Å². The van der Waals surface area contributed by atoms with E-state index in [0.29, 0.717) is 16.6 Å². The Balaban J connectivity index is 0.00000168. The summed E-state index contributed by atoms with van der Waals surface area (Å²) in [6.07, 6.45) is -0.298. The van der Waals surface area contributed by atoms with Gasteiger partial charge in [0.15, 0.2) is 5.96 Å². The molecule has 0 aliphatic heterocycles. The van der Waals surface area contributed by atoms with Crippen LogP contribution in [0.3, 0.4) is 0 Å². The Bertz CT molecular complexity index is 1210. The predicted octanol–water partition coefficient (Wildman–Crippen LogP) is 4.82. The third-order valence-electron chi connectivity index (χ3n) is 3.94. The van der Waals surface area contributed by atoms with Crippen LogP contribution in [-0.2, 0) is 30.4 Å². The van der Waals surface area contributed by atoms with Gasteiger partial charge in [-0.2, -0.15) is 8.42 Å². The first-order valence-corrected chi connectivity index (χ1v) is 14.1. The molecular formula is C24H31Br2N3O8S. The molecule has 0 atom stereocenters. The molecule has 2 rings (SSSR count). The number of aliphatic carboxylic acids is 1. The monoisotopic (exact) mass is 679 g/mol. The molecule has 4 N–H and O–H groups in total. The van der Waals surface area contributed by atoms with Crippen molar-refractivity contribution >= 4 is 60.0 Å². The Hall–Kier alpha value is -2.68. The Labute approximate surface area is 239 Å². The number of carboxylic acid groups (broad SMARTS) is 1. The van der Waals surface area contributed by atoms with E-state index < -0.39 is 27.8 Å². The van der Waals surface area contributed by atoms with Crippen molar-refractivity contribution in [3.05, 3.63) is 57.0 Å². The van der Waals surface area contributed by atoms with Gasteiger partial charge in [0.2, 0.25) is 0 Å². The zero-order chi connectivity index (χ0) is 28.9. The van der Waals surface area contributed by atoms with Gasteiger partial charge in [0.25, 0.3) is 16.1 Å². The zero-order valence-electron chi connectivity index (χ0n) is 21.4. The number of nitrogens with one attached hydrogen (secondary N) is 1. The summed E-state index contributed by atoms with van der Waals surface area (Å²) in [6.45, 7) is 6.83. The summed E-state index contributed by atoms with van der Waals surface area (Å²) in [5, 5.41) is 9.79. The van der Waals surface area contributed by atoms with Crippen LogP contribution in [0.1, 0.15) is 39.7 Å². The topological polar surface area (TPSA) is 167 Å². The van der Waals surface area contributed by atoms with E-state index in [-0.39, 0.29) is 30.6 Å². The Morgan fingerprint density at radius 1 is 1.08 bits per heavy atom. The number of ether oxygens (including phenoxy) is 2.